The first-order valence-electron chi connectivity index (χ1n) is 4.46. The third kappa shape index (κ3) is 1.88. The van der Waals surface area contributed by atoms with Crippen LogP contribution in [0.25, 0.3) is 0 Å². The first kappa shape index (κ1) is 10.9. The summed E-state index contributed by atoms with van der Waals surface area (Å²) in [4.78, 5) is 21.9. The molecule has 0 amide bonds. The van der Waals surface area contributed by atoms with Gasteiger partial charge in [0.25, 0.3) is 5.78 Å². The Morgan fingerprint density at radius 1 is 1.19 bits per heavy atom. The van der Waals surface area contributed by atoms with E-state index in [1.165, 1.54) is 12.1 Å². The van der Waals surface area contributed by atoms with E-state index in [-0.39, 0.29) is 5.56 Å². The maximum Gasteiger partial charge on any atom is 0.377 e. The highest BCUT2D eigenvalue weighted by molar-refractivity contribution is 9.10. The number of Topliss-reactive ketones (excluding diaryl/α,β-unsaturated/α-hetero) is 1. The lowest BCUT2D eigenvalue weighted by Gasteiger charge is -2.19. The highest BCUT2D eigenvalue weighted by atomic mass is 79.9. The number of fused-ring (bicyclic) bond motifs is 1. The summed E-state index contributed by atoms with van der Waals surface area (Å²) in [6.07, 6.45) is 0. The zero-order valence-corrected chi connectivity index (χ0v) is 9.61. The fraction of sp³-hybridized carbons (Fsp3) is 0.200. The lowest BCUT2D eigenvalue weighted by Crippen LogP contribution is -2.18. The minimum Gasteiger partial charge on any atom is -0.486 e. The van der Waals surface area contributed by atoms with Crippen LogP contribution in [0.15, 0.2) is 16.6 Å². The highest BCUT2D eigenvalue weighted by Crippen LogP contribution is 2.35. The van der Waals surface area contributed by atoms with Crippen molar-refractivity contribution in [2.45, 2.75) is 0 Å². The van der Waals surface area contributed by atoms with Gasteiger partial charge in [-0.15, -0.1) is 0 Å². The molecule has 1 aliphatic rings. The number of carboxylic acids is 1. The van der Waals surface area contributed by atoms with Crippen LogP contribution in [0, 0.1) is 0 Å². The van der Waals surface area contributed by atoms with Crippen LogP contribution in [0.2, 0.25) is 0 Å². The van der Waals surface area contributed by atoms with Crippen LogP contribution in [0.4, 0.5) is 0 Å². The Bertz CT molecular complexity index is 469. The van der Waals surface area contributed by atoms with Crippen LogP contribution < -0.4 is 9.47 Å². The molecule has 0 bridgehead atoms. The van der Waals surface area contributed by atoms with E-state index >= 15 is 0 Å². The van der Waals surface area contributed by atoms with E-state index in [0.29, 0.717) is 29.2 Å². The summed E-state index contributed by atoms with van der Waals surface area (Å²) in [5.74, 6) is -1.60. The number of carbonyl (C=O) groups excluding carboxylic acids is 1. The van der Waals surface area contributed by atoms with Gasteiger partial charge in [-0.2, -0.15) is 0 Å². The molecule has 1 heterocycles. The summed E-state index contributed by atoms with van der Waals surface area (Å²) in [5.41, 5.74) is 0.0525. The molecular weight excluding hydrogens is 280 g/mol. The normalized spacial score (nSPS) is 13.3. The summed E-state index contributed by atoms with van der Waals surface area (Å²) >= 11 is 3.12. The molecule has 0 fully saturated rings. The van der Waals surface area contributed by atoms with Crippen LogP contribution in [-0.4, -0.2) is 30.1 Å². The summed E-state index contributed by atoms with van der Waals surface area (Å²) in [7, 11) is 0. The van der Waals surface area contributed by atoms with Crippen molar-refractivity contribution in [1.29, 1.82) is 0 Å². The van der Waals surface area contributed by atoms with E-state index in [9.17, 15) is 9.59 Å². The van der Waals surface area contributed by atoms with E-state index in [4.69, 9.17) is 14.6 Å². The Morgan fingerprint density at radius 3 is 2.31 bits per heavy atom. The van der Waals surface area contributed by atoms with Crippen molar-refractivity contribution < 1.29 is 24.2 Å². The number of ether oxygens (including phenoxy) is 2. The number of rotatable bonds is 2. The maximum atomic E-state index is 11.3. The quantitative estimate of drug-likeness (QED) is 0.659. The molecule has 1 aromatic rings. The Hall–Kier alpha value is -1.56. The van der Waals surface area contributed by atoms with Gasteiger partial charge in [0.2, 0.25) is 0 Å². The largest absolute Gasteiger partial charge is 0.486 e. The number of ketones is 1. The predicted molar refractivity (Wildman–Crippen MR) is 57.1 cm³/mol. The molecule has 0 radical (unpaired) electrons. The molecule has 0 saturated carbocycles. The Kier molecular flexibility index (Phi) is 2.82. The maximum absolute atomic E-state index is 11.3. The van der Waals surface area contributed by atoms with Crippen LogP contribution in [0.5, 0.6) is 11.5 Å². The lowest BCUT2D eigenvalue weighted by molar-refractivity contribution is -0.131. The molecule has 1 N–H and O–H groups in total. The van der Waals surface area contributed by atoms with E-state index in [1.54, 1.807) is 0 Å². The van der Waals surface area contributed by atoms with Crippen molar-refractivity contribution in [3.63, 3.8) is 0 Å². The number of benzene rings is 1. The van der Waals surface area contributed by atoms with Gasteiger partial charge in [-0.3, -0.25) is 4.79 Å². The zero-order valence-electron chi connectivity index (χ0n) is 8.03. The van der Waals surface area contributed by atoms with Gasteiger partial charge in [-0.25, -0.2) is 4.79 Å². The molecule has 1 aromatic carbocycles. The van der Waals surface area contributed by atoms with Crippen molar-refractivity contribution in [2.75, 3.05) is 13.2 Å². The van der Waals surface area contributed by atoms with Crippen molar-refractivity contribution in [1.82, 2.24) is 0 Å². The topological polar surface area (TPSA) is 72.8 Å². The smallest absolute Gasteiger partial charge is 0.377 e. The minimum absolute atomic E-state index is 0.0525. The van der Waals surface area contributed by atoms with Gasteiger partial charge >= 0.3 is 5.97 Å². The number of halogens is 1. The average Bonchev–Trinajstić information content (AvgIpc) is 2.27. The molecule has 5 nitrogen and oxygen atoms in total. The van der Waals surface area contributed by atoms with E-state index < -0.39 is 11.8 Å². The SMILES string of the molecule is O=C(O)C(=O)c1cc2c(cc1Br)OCCO2. The molecule has 16 heavy (non-hydrogen) atoms. The summed E-state index contributed by atoms with van der Waals surface area (Å²) in [6, 6.07) is 2.90. The van der Waals surface area contributed by atoms with Crippen LogP contribution >= 0.6 is 15.9 Å². The molecule has 2 rings (SSSR count). The monoisotopic (exact) mass is 286 g/mol. The summed E-state index contributed by atoms with van der Waals surface area (Å²) < 4.78 is 10.9. The number of hydrogen-bond donors (Lipinski definition) is 1. The second-order valence-electron chi connectivity index (χ2n) is 3.11. The first-order valence-corrected chi connectivity index (χ1v) is 5.25. The van der Waals surface area contributed by atoms with E-state index in [0.717, 1.165) is 0 Å². The average molecular weight is 287 g/mol. The number of hydrogen-bond acceptors (Lipinski definition) is 4. The van der Waals surface area contributed by atoms with Gasteiger partial charge in [0.15, 0.2) is 11.5 Å². The zero-order chi connectivity index (χ0) is 11.7. The molecular formula is C10H7BrO5. The highest BCUT2D eigenvalue weighted by Gasteiger charge is 2.22. The molecule has 0 aromatic heterocycles. The van der Waals surface area contributed by atoms with Gasteiger partial charge < -0.3 is 14.6 Å². The van der Waals surface area contributed by atoms with Crippen molar-refractivity contribution in [3.05, 3.63) is 22.2 Å². The third-order valence-electron chi connectivity index (χ3n) is 2.07. The molecule has 0 aliphatic carbocycles. The van der Waals surface area contributed by atoms with E-state index in [1.807, 2.05) is 0 Å². The fourth-order valence-corrected chi connectivity index (χ4v) is 1.86. The molecule has 6 heteroatoms. The molecule has 0 saturated heterocycles. The van der Waals surface area contributed by atoms with Gasteiger partial charge in [-0.05, 0) is 28.1 Å². The van der Waals surface area contributed by atoms with Gasteiger partial charge in [0.05, 0.1) is 0 Å². The number of aliphatic carboxylic acids is 1. The number of carboxylic acid groups (broad SMARTS) is 1. The van der Waals surface area contributed by atoms with Gasteiger partial charge in [-0.1, -0.05) is 0 Å². The molecule has 1 aliphatic heterocycles. The standard InChI is InChI=1S/C10H7BrO5/c11-6-4-8-7(15-1-2-16-8)3-5(6)9(12)10(13)14/h3-4H,1-2H2,(H,13,14). The number of carbonyl (C=O) groups is 2. The molecule has 0 spiro atoms. The van der Waals surface area contributed by atoms with Crippen LogP contribution in [0.1, 0.15) is 10.4 Å². The molecule has 0 atom stereocenters. The molecule has 84 valence electrons. The van der Waals surface area contributed by atoms with Gasteiger partial charge in [0, 0.05) is 10.0 Å². The second-order valence-corrected chi connectivity index (χ2v) is 3.96. The first-order chi connectivity index (χ1) is 7.59. The lowest BCUT2D eigenvalue weighted by atomic mass is 10.1. The van der Waals surface area contributed by atoms with Gasteiger partial charge in [0.1, 0.15) is 13.2 Å². The molecule has 0 unspecified atom stereocenters. The van der Waals surface area contributed by atoms with Crippen LogP contribution in [0.3, 0.4) is 0 Å². The third-order valence-corrected chi connectivity index (χ3v) is 2.73. The predicted octanol–water partition coefficient (Wildman–Crippen LogP) is 1.49. The summed E-state index contributed by atoms with van der Waals surface area (Å²) in [5, 5.41) is 8.62. The minimum atomic E-state index is -1.50. The Balaban J connectivity index is 2.47. The van der Waals surface area contributed by atoms with Crippen molar-refractivity contribution >= 4 is 27.7 Å². The van der Waals surface area contributed by atoms with Crippen LogP contribution in [-0.2, 0) is 4.79 Å². The second kappa shape index (κ2) is 4.13. The van der Waals surface area contributed by atoms with E-state index in [2.05, 4.69) is 15.9 Å². The Morgan fingerprint density at radius 2 is 1.75 bits per heavy atom. The van der Waals surface area contributed by atoms with Crippen molar-refractivity contribution in [2.24, 2.45) is 0 Å². The fourth-order valence-electron chi connectivity index (χ4n) is 1.35. The summed E-state index contributed by atoms with van der Waals surface area (Å²) in [6.45, 7) is 0.820. The Labute approximate surface area is 99.1 Å². The van der Waals surface area contributed by atoms with Crippen molar-refractivity contribution in [3.8, 4) is 11.5 Å².